The monoisotopic (exact) mass is 249 g/mol. The number of rotatable bonds is 3. The highest BCUT2D eigenvalue weighted by Gasteiger charge is 2.23. The SMILES string of the molecule is CCC1CCCN(c2cc(NC)[n+](C)c(C)n2)C1. The molecule has 1 atom stereocenters. The van der Waals surface area contributed by atoms with E-state index in [0.717, 1.165) is 36.5 Å². The van der Waals surface area contributed by atoms with Gasteiger partial charge < -0.3 is 10.2 Å². The van der Waals surface area contributed by atoms with Crippen molar-refractivity contribution in [2.75, 3.05) is 30.4 Å². The van der Waals surface area contributed by atoms with Crippen LogP contribution in [0.25, 0.3) is 0 Å². The molecule has 18 heavy (non-hydrogen) atoms. The van der Waals surface area contributed by atoms with Crippen molar-refractivity contribution < 1.29 is 4.57 Å². The first kappa shape index (κ1) is 13.1. The van der Waals surface area contributed by atoms with Crippen LogP contribution in [0.3, 0.4) is 0 Å². The van der Waals surface area contributed by atoms with Crippen molar-refractivity contribution in [3.8, 4) is 0 Å². The predicted octanol–water partition coefficient (Wildman–Crippen LogP) is 1.88. The molecule has 4 nitrogen and oxygen atoms in total. The van der Waals surface area contributed by atoms with Gasteiger partial charge in [0.1, 0.15) is 0 Å². The largest absolute Gasteiger partial charge is 0.343 e. The molecule has 1 saturated heterocycles. The van der Waals surface area contributed by atoms with Gasteiger partial charge in [0.25, 0.3) is 0 Å². The Morgan fingerprint density at radius 2 is 2.33 bits per heavy atom. The van der Waals surface area contributed by atoms with E-state index in [1.54, 1.807) is 0 Å². The highest BCUT2D eigenvalue weighted by molar-refractivity contribution is 5.46. The minimum Gasteiger partial charge on any atom is -0.343 e. The molecule has 0 bridgehead atoms. The van der Waals surface area contributed by atoms with E-state index in [2.05, 4.69) is 34.7 Å². The maximum atomic E-state index is 4.72. The molecule has 0 saturated carbocycles. The van der Waals surface area contributed by atoms with Gasteiger partial charge in [0.2, 0.25) is 17.5 Å². The number of anilines is 2. The van der Waals surface area contributed by atoms with Crippen molar-refractivity contribution in [3.05, 3.63) is 11.9 Å². The van der Waals surface area contributed by atoms with E-state index in [9.17, 15) is 0 Å². The maximum Gasteiger partial charge on any atom is 0.237 e. The lowest BCUT2D eigenvalue weighted by atomic mass is 9.96. The molecule has 0 spiro atoms. The van der Waals surface area contributed by atoms with Crippen LogP contribution in [0.1, 0.15) is 32.0 Å². The van der Waals surface area contributed by atoms with Gasteiger partial charge in [-0.15, -0.1) is 0 Å². The molecular weight excluding hydrogens is 224 g/mol. The van der Waals surface area contributed by atoms with Gasteiger partial charge in [-0.1, -0.05) is 18.3 Å². The van der Waals surface area contributed by atoms with Gasteiger partial charge in [-0.2, -0.15) is 0 Å². The number of piperidine rings is 1. The van der Waals surface area contributed by atoms with E-state index in [4.69, 9.17) is 4.98 Å². The summed E-state index contributed by atoms with van der Waals surface area (Å²) in [7, 11) is 4.01. The standard InChI is InChI=1S/C14H24N4/c1-5-12-7-6-8-18(10-12)14-9-13(15-3)17(4)11(2)16-14/h9,12H,5-8,10H2,1-4H3/p+1. The zero-order chi connectivity index (χ0) is 13.1. The molecule has 0 aromatic carbocycles. The summed E-state index contributed by atoms with van der Waals surface area (Å²) in [6.07, 6.45) is 3.93. The molecule has 1 N–H and O–H groups in total. The molecule has 100 valence electrons. The smallest absolute Gasteiger partial charge is 0.237 e. The molecule has 4 heteroatoms. The van der Waals surface area contributed by atoms with E-state index in [1.165, 1.54) is 19.3 Å². The Bertz CT molecular complexity index is 417. The number of nitrogens with one attached hydrogen (secondary N) is 1. The Balaban J connectivity index is 2.24. The fraction of sp³-hybridized carbons (Fsp3) is 0.714. The van der Waals surface area contributed by atoms with E-state index < -0.39 is 0 Å². The summed E-state index contributed by atoms with van der Waals surface area (Å²) in [6, 6.07) is 2.16. The van der Waals surface area contributed by atoms with Crippen LogP contribution in [0.2, 0.25) is 0 Å². The average molecular weight is 249 g/mol. The Labute approximate surface area is 110 Å². The number of hydrogen-bond donors (Lipinski definition) is 1. The lowest BCUT2D eigenvalue weighted by Crippen LogP contribution is -2.40. The summed E-state index contributed by atoms with van der Waals surface area (Å²) in [4.78, 5) is 7.16. The van der Waals surface area contributed by atoms with Gasteiger partial charge in [-0.3, -0.25) is 0 Å². The molecule has 1 aliphatic heterocycles. The fourth-order valence-electron chi connectivity index (χ4n) is 2.67. The zero-order valence-electron chi connectivity index (χ0n) is 12.0. The zero-order valence-corrected chi connectivity index (χ0v) is 12.0. The van der Waals surface area contributed by atoms with Crippen molar-refractivity contribution in [1.29, 1.82) is 0 Å². The van der Waals surface area contributed by atoms with Gasteiger partial charge in [-0.25, -0.2) is 4.57 Å². The lowest BCUT2D eigenvalue weighted by Gasteiger charge is -2.32. The normalized spacial score (nSPS) is 20.0. The molecule has 2 heterocycles. The summed E-state index contributed by atoms with van der Waals surface area (Å²) in [5, 5.41) is 3.24. The summed E-state index contributed by atoms with van der Waals surface area (Å²) in [5.74, 6) is 4.12. The molecular formula is C14H25N4+. The van der Waals surface area contributed by atoms with Gasteiger partial charge in [-0.05, 0) is 18.8 Å². The van der Waals surface area contributed by atoms with Crippen LogP contribution in [0.5, 0.6) is 0 Å². The third-order valence-corrected chi connectivity index (χ3v) is 4.07. The van der Waals surface area contributed by atoms with Crippen molar-refractivity contribution in [3.63, 3.8) is 0 Å². The topological polar surface area (TPSA) is 32.0 Å². The average Bonchev–Trinajstić information content (AvgIpc) is 2.41. The van der Waals surface area contributed by atoms with E-state index in [1.807, 2.05) is 14.1 Å². The summed E-state index contributed by atoms with van der Waals surface area (Å²) in [6.45, 7) is 6.64. The molecule has 2 rings (SSSR count). The van der Waals surface area contributed by atoms with E-state index in [0.29, 0.717) is 0 Å². The highest BCUT2D eigenvalue weighted by Crippen LogP contribution is 2.24. The summed E-state index contributed by atoms with van der Waals surface area (Å²) < 4.78 is 2.09. The van der Waals surface area contributed by atoms with Crippen LogP contribution in [-0.2, 0) is 7.05 Å². The molecule has 1 fully saturated rings. The first-order valence-corrected chi connectivity index (χ1v) is 6.96. The van der Waals surface area contributed by atoms with Gasteiger partial charge in [0.05, 0.1) is 13.1 Å². The van der Waals surface area contributed by atoms with Crippen LogP contribution in [-0.4, -0.2) is 25.1 Å². The second-order valence-electron chi connectivity index (χ2n) is 5.22. The third kappa shape index (κ3) is 2.57. The molecule has 1 aromatic rings. The van der Waals surface area contributed by atoms with Gasteiger partial charge in [0, 0.05) is 27.1 Å². The van der Waals surface area contributed by atoms with Crippen molar-refractivity contribution in [1.82, 2.24) is 4.98 Å². The van der Waals surface area contributed by atoms with Gasteiger partial charge >= 0.3 is 0 Å². The second kappa shape index (κ2) is 5.55. The minimum absolute atomic E-state index is 0.827. The Morgan fingerprint density at radius 1 is 1.56 bits per heavy atom. The van der Waals surface area contributed by atoms with Crippen LogP contribution < -0.4 is 14.8 Å². The first-order valence-electron chi connectivity index (χ1n) is 6.96. The minimum atomic E-state index is 0.827. The Kier molecular flexibility index (Phi) is 4.04. The number of hydrogen-bond acceptors (Lipinski definition) is 3. The summed E-state index contributed by atoms with van der Waals surface area (Å²) in [5.41, 5.74) is 0. The molecule has 1 aromatic heterocycles. The maximum absolute atomic E-state index is 4.72. The summed E-state index contributed by atoms with van der Waals surface area (Å²) >= 11 is 0. The highest BCUT2D eigenvalue weighted by atomic mass is 15.2. The quantitative estimate of drug-likeness (QED) is 0.830. The van der Waals surface area contributed by atoms with Gasteiger partial charge in [0.15, 0.2) is 0 Å². The van der Waals surface area contributed by atoms with Crippen molar-refractivity contribution >= 4 is 11.6 Å². The second-order valence-corrected chi connectivity index (χ2v) is 5.22. The van der Waals surface area contributed by atoms with Crippen LogP contribution in [0.4, 0.5) is 11.6 Å². The van der Waals surface area contributed by atoms with Crippen LogP contribution in [0, 0.1) is 12.8 Å². The number of aryl methyl sites for hydroxylation is 1. The van der Waals surface area contributed by atoms with Crippen molar-refractivity contribution in [2.45, 2.75) is 33.1 Å². The van der Waals surface area contributed by atoms with Crippen LogP contribution in [0.15, 0.2) is 6.07 Å². The predicted molar refractivity (Wildman–Crippen MR) is 74.9 cm³/mol. The number of nitrogens with zero attached hydrogens (tertiary/aromatic N) is 3. The van der Waals surface area contributed by atoms with E-state index in [-0.39, 0.29) is 0 Å². The lowest BCUT2D eigenvalue weighted by molar-refractivity contribution is -0.666. The molecule has 1 unspecified atom stereocenters. The Morgan fingerprint density at radius 3 is 3.00 bits per heavy atom. The van der Waals surface area contributed by atoms with E-state index >= 15 is 0 Å². The fourth-order valence-corrected chi connectivity index (χ4v) is 2.67. The molecule has 0 amide bonds. The van der Waals surface area contributed by atoms with Crippen molar-refractivity contribution in [2.24, 2.45) is 13.0 Å². The molecule has 0 aliphatic carbocycles. The van der Waals surface area contributed by atoms with Crippen LogP contribution >= 0.6 is 0 Å². The third-order valence-electron chi connectivity index (χ3n) is 4.07. The number of aromatic nitrogens is 2. The first-order chi connectivity index (χ1) is 8.65. The Hall–Kier alpha value is -1.32. The molecule has 1 aliphatic rings. The molecule has 0 radical (unpaired) electrons.